The molecule has 150 valence electrons. The average Bonchev–Trinajstić information content (AvgIpc) is 3.17. The summed E-state index contributed by atoms with van der Waals surface area (Å²) in [7, 11) is 3.11. The van der Waals surface area contributed by atoms with Gasteiger partial charge in [0.25, 0.3) is 5.91 Å². The van der Waals surface area contributed by atoms with Crippen LogP contribution >= 0.6 is 0 Å². The van der Waals surface area contributed by atoms with E-state index in [-0.39, 0.29) is 11.9 Å². The Morgan fingerprint density at radius 2 is 1.96 bits per heavy atom. The molecular formula is C20H26N4O4. The summed E-state index contributed by atoms with van der Waals surface area (Å²) in [5, 5.41) is 8.88. The summed E-state index contributed by atoms with van der Waals surface area (Å²) in [5.74, 6) is 3.14. The minimum atomic E-state index is -0.0931. The predicted molar refractivity (Wildman–Crippen MR) is 102 cm³/mol. The van der Waals surface area contributed by atoms with Crippen molar-refractivity contribution < 1.29 is 19.0 Å². The fourth-order valence-electron chi connectivity index (χ4n) is 4.18. The number of methoxy groups -OCH3 is 2. The zero-order valence-electron chi connectivity index (χ0n) is 16.6. The van der Waals surface area contributed by atoms with E-state index < -0.39 is 0 Å². The molecule has 0 N–H and O–H groups in total. The van der Waals surface area contributed by atoms with E-state index in [0.717, 1.165) is 37.7 Å². The van der Waals surface area contributed by atoms with Crippen molar-refractivity contribution in [1.82, 2.24) is 19.7 Å². The molecule has 1 aromatic carbocycles. The molecule has 0 aliphatic carbocycles. The van der Waals surface area contributed by atoms with Crippen molar-refractivity contribution in [2.45, 2.75) is 38.3 Å². The van der Waals surface area contributed by atoms with Crippen LogP contribution in [0.4, 0.5) is 0 Å². The number of nitrogens with zero attached hydrogens (tertiary/aromatic N) is 4. The molecule has 0 bridgehead atoms. The number of ether oxygens (including phenoxy) is 3. The Morgan fingerprint density at radius 3 is 2.68 bits per heavy atom. The first-order chi connectivity index (χ1) is 13.6. The Balaban J connectivity index is 1.60. The Bertz CT molecular complexity index is 860. The first-order valence-corrected chi connectivity index (χ1v) is 9.65. The highest BCUT2D eigenvalue weighted by Crippen LogP contribution is 2.34. The van der Waals surface area contributed by atoms with Gasteiger partial charge in [-0.1, -0.05) is 6.07 Å². The number of rotatable bonds is 4. The van der Waals surface area contributed by atoms with Crippen LogP contribution in [0.15, 0.2) is 18.2 Å². The van der Waals surface area contributed by atoms with E-state index in [0.29, 0.717) is 36.1 Å². The van der Waals surface area contributed by atoms with Gasteiger partial charge in [0.1, 0.15) is 5.82 Å². The number of fused-ring (bicyclic) bond motifs is 1. The second-order valence-electron chi connectivity index (χ2n) is 7.31. The molecule has 1 aromatic heterocycles. The zero-order valence-corrected chi connectivity index (χ0v) is 16.6. The summed E-state index contributed by atoms with van der Waals surface area (Å²) in [6, 6.07) is 5.46. The van der Waals surface area contributed by atoms with Crippen molar-refractivity contribution in [3.05, 3.63) is 35.4 Å². The van der Waals surface area contributed by atoms with Crippen molar-refractivity contribution in [2.24, 2.45) is 0 Å². The summed E-state index contributed by atoms with van der Waals surface area (Å²) in [6.45, 7) is 4.67. The number of benzene rings is 1. The van der Waals surface area contributed by atoms with Gasteiger partial charge in [-0.25, -0.2) is 0 Å². The maximum absolute atomic E-state index is 13.2. The lowest BCUT2D eigenvalue weighted by Crippen LogP contribution is -2.41. The van der Waals surface area contributed by atoms with Gasteiger partial charge in [-0.05, 0) is 31.9 Å². The second kappa shape index (κ2) is 7.79. The third kappa shape index (κ3) is 3.22. The average molecular weight is 386 g/mol. The maximum Gasteiger partial charge on any atom is 0.258 e. The normalized spacial score (nSPS) is 20.0. The van der Waals surface area contributed by atoms with E-state index in [2.05, 4.69) is 21.7 Å². The van der Waals surface area contributed by atoms with Crippen LogP contribution in [0.5, 0.6) is 11.5 Å². The minimum absolute atomic E-state index is 0.0931. The van der Waals surface area contributed by atoms with Crippen LogP contribution in [0.2, 0.25) is 0 Å². The molecule has 8 heteroatoms. The number of hydrogen-bond acceptors (Lipinski definition) is 6. The lowest BCUT2D eigenvalue weighted by atomic mass is 9.98. The third-order valence-corrected chi connectivity index (χ3v) is 5.56. The monoisotopic (exact) mass is 386 g/mol. The molecule has 0 spiro atoms. The van der Waals surface area contributed by atoms with E-state index in [4.69, 9.17) is 14.2 Å². The van der Waals surface area contributed by atoms with Crippen molar-refractivity contribution >= 4 is 5.91 Å². The van der Waals surface area contributed by atoms with Gasteiger partial charge in [0, 0.05) is 25.7 Å². The molecule has 2 aromatic rings. The van der Waals surface area contributed by atoms with E-state index in [1.54, 1.807) is 37.3 Å². The van der Waals surface area contributed by atoms with Gasteiger partial charge in [0.15, 0.2) is 17.3 Å². The topological polar surface area (TPSA) is 78.7 Å². The molecule has 1 saturated heterocycles. The summed E-state index contributed by atoms with van der Waals surface area (Å²) < 4.78 is 18.5. The smallest absolute Gasteiger partial charge is 0.258 e. The van der Waals surface area contributed by atoms with Crippen molar-refractivity contribution in [3.8, 4) is 11.5 Å². The Labute approximate surface area is 164 Å². The summed E-state index contributed by atoms with van der Waals surface area (Å²) in [4.78, 5) is 15.0. The van der Waals surface area contributed by atoms with E-state index in [1.807, 2.05) is 0 Å². The lowest BCUT2D eigenvalue weighted by Gasteiger charge is -2.34. The van der Waals surface area contributed by atoms with Crippen LogP contribution in [-0.4, -0.2) is 59.5 Å². The summed E-state index contributed by atoms with van der Waals surface area (Å²) in [6.07, 6.45) is 1.93. The molecule has 2 aliphatic rings. The van der Waals surface area contributed by atoms with Gasteiger partial charge >= 0.3 is 0 Å². The third-order valence-electron chi connectivity index (χ3n) is 5.56. The van der Waals surface area contributed by atoms with Crippen LogP contribution in [0.3, 0.4) is 0 Å². The highest BCUT2D eigenvalue weighted by atomic mass is 16.5. The highest BCUT2D eigenvalue weighted by Gasteiger charge is 2.33. The second-order valence-corrected chi connectivity index (χ2v) is 7.31. The number of carbonyl (C=O) groups excluding carboxylic acids is 1. The molecule has 4 rings (SSSR count). The van der Waals surface area contributed by atoms with Crippen LogP contribution in [0, 0.1) is 0 Å². The molecule has 1 fully saturated rings. The van der Waals surface area contributed by atoms with E-state index >= 15 is 0 Å². The standard InChI is InChI=1S/C20H26N4O4/c1-13-11-23(20(25)15-5-4-6-16(26-2)18(15)27-3)12-17-21-22-19(24(13)17)14-7-9-28-10-8-14/h4-6,13-14H,7-12H2,1-3H3/t13-/m0/s1. The number of carbonyl (C=O) groups is 1. The number of amides is 1. The summed E-state index contributed by atoms with van der Waals surface area (Å²) >= 11 is 0. The van der Waals surface area contributed by atoms with Gasteiger partial charge in [0.05, 0.1) is 32.4 Å². The van der Waals surface area contributed by atoms with Crippen LogP contribution < -0.4 is 9.47 Å². The molecule has 8 nitrogen and oxygen atoms in total. The molecule has 0 saturated carbocycles. The van der Waals surface area contributed by atoms with Crippen molar-refractivity contribution in [3.63, 3.8) is 0 Å². The van der Waals surface area contributed by atoms with Gasteiger partial charge in [0.2, 0.25) is 0 Å². The van der Waals surface area contributed by atoms with Gasteiger partial charge in [-0.3, -0.25) is 4.79 Å². The van der Waals surface area contributed by atoms with E-state index in [9.17, 15) is 4.79 Å². The molecule has 3 heterocycles. The molecular weight excluding hydrogens is 360 g/mol. The lowest BCUT2D eigenvalue weighted by molar-refractivity contribution is 0.0665. The highest BCUT2D eigenvalue weighted by molar-refractivity contribution is 5.97. The fraction of sp³-hybridized carbons (Fsp3) is 0.550. The van der Waals surface area contributed by atoms with Gasteiger partial charge in [-0.2, -0.15) is 0 Å². The van der Waals surface area contributed by atoms with Crippen LogP contribution in [0.25, 0.3) is 0 Å². The molecule has 1 amide bonds. The Kier molecular flexibility index (Phi) is 5.21. The molecule has 0 unspecified atom stereocenters. The number of aromatic nitrogens is 3. The van der Waals surface area contributed by atoms with Crippen molar-refractivity contribution in [2.75, 3.05) is 34.0 Å². The number of hydrogen-bond donors (Lipinski definition) is 0. The Hall–Kier alpha value is -2.61. The SMILES string of the molecule is COc1cccc(C(=O)N2Cc3nnc(C4CCOCC4)n3[C@@H](C)C2)c1OC. The zero-order chi connectivity index (χ0) is 19.7. The van der Waals surface area contributed by atoms with Gasteiger partial charge in [-0.15, -0.1) is 10.2 Å². The Morgan fingerprint density at radius 1 is 1.18 bits per heavy atom. The van der Waals surface area contributed by atoms with Gasteiger partial charge < -0.3 is 23.7 Å². The van der Waals surface area contributed by atoms with Crippen molar-refractivity contribution in [1.29, 1.82) is 0 Å². The summed E-state index contributed by atoms with van der Waals surface area (Å²) in [5.41, 5.74) is 0.492. The number of para-hydroxylation sites is 1. The molecule has 2 aliphatic heterocycles. The van der Waals surface area contributed by atoms with Crippen LogP contribution in [0.1, 0.15) is 53.7 Å². The largest absolute Gasteiger partial charge is 0.493 e. The molecule has 0 radical (unpaired) electrons. The predicted octanol–water partition coefficient (Wildman–Crippen LogP) is 2.41. The quantitative estimate of drug-likeness (QED) is 0.803. The molecule has 1 atom stereocenters. The first-order valence-electron chi connectivity index (χ1n) is 9.65. The van der Waals surface area contributed by atoms with E-state index in [1.165, 1.54) is 0 Å². The minimum Gasteiger partial charge on any atom is -0.493 e. The first kappa shape index (κ1) is 18.7. The fourth-order valence-corrected chi connectivity index (χ4v) is 4.18. The molecule has 28 heavy (non-hydrogen) atoms. The maximum atomic E-state index is 13.2. The van der Waals surface area contributed by atoms with Crippen LogP contribution in [-0.2, 0) is 11.3 Å².